The molecule has 4 nitrogen and oxygen atoms in total. The Kier molecular flexibility index (Phi) is 5.57. The number of rotatable bonds is 6. The minimum Gasteiger partial charge on any atom is -0.319 e. The molecule has 0 unspecified atom stereocenters. The van der Waals surface area contributed by atoms with Crippen LogP contribution in [0.1, 0.15) is 18.4 Å². The molecular weight excluding hydrogens is 272 g/mol. The Bertz CT molecular complexity index is 494. The van der Waals surface area contributed by atoms with Crippen molar-refractivity contribution in [1.82, 2.24) is 9.62 Å². The van der Waals surface area contributed by atoms with E-state index in [-0.39, 0.29) is 5.75 Å². The Labute approximate surface area is 122 Å². The molecule has 1 heterocycles. The summed E-state index contributed by atoms with van der Waals surface area (Å²) in [5, 5.41) is 3.17. The second-order valence-electron chi connectivity index (χ2n) is 5.45. The highest BCUT2D eigenvalue weighted by molar-refractivity contribution is 7.89. The Balaban J connectivity index is 1.85. The number of benzene rings is 1. The summed E-state index contributed by atoms with van der Waals surface area (Å²) in [6.45, 7) is 2.32. The first-order valence-electron chi connectivity index (χ1n) is 7.28. The second kappa shape index (κ2) is 7.20. The van der Waals surface area contributed by atoms with E-state index in [9.17, 15) is 8.42 Å². The first-order valence-corrected chi connectivity index (χ1v) is 8.89. The van der Waals surface area contributed by atoms with Gasteiger partial charge in [0.15, 0.2) is 0 Å². The largest absolute Gasteiger partial charge is 0.319 e. The first-order chi connectivity index (χ1) is 9.62. The smallest absolute Gasteiger partial charge is 0.214 e. The summed E-state index contributed by atoms with van der Waals surface area (Å²) in [6.07, 6.45) is 2.52. The highest BCUT2D eigenvalue weighted by Crippen LogP contribution is 2.19. The summed E-state index contributed by atoms with van der Waals surface area (Å²) >= 11 is 0. The lowest BCUT2D eigenvalue weighted by Crippen LogP contribution is -2.41. The minimum absolute atomic E-state index is 0.216. The van der Waals surface area contributed by atoms with Gasteiger partial charge in [-0.25, -0.2) is 12.7 Å². The topological polar surface area (TPSA) is 49.4 Å². The molecule has 0 aromatic heterocycles. The molecule has 112 valence electrons. The van der Waals surface area contributed by atoms with Gasteiger partial charge >= 0.3 is 0 Å². The molecule has 20 heavy (non-hydrogen) atoms. The fraction of sp³-hybridized carbons (Fsp3) is 0.600. The minimum atomic E-state index is -3.11. The van der Waals surface area contributed by atoms with E-state index in [1.165, 1.54) is 0 Å². The first kappa shape index (κ1) is 15.5. The van der Waals surface area contributed by atoms with Crippen LogP contribution >= 0.6 is 0 Å². The van der Waals surface area contributed by atoms with E-state index in [1.807, 2.05) is 37.4 Å². The van der Waals surface area contributed by atoms with E-state index < -0.39 is 10.0 Å². The van der Waals surface area contributed by atoms with Gasteiger partial charge in [-0.15, -0.1) is 0 Å². The molecule has 1 fully saturated rings. The zero-order valence-electron chi connectivity index (χ0n) is 12.1. The Hall–Kier alpha value is -0.910. The Morgan fingerprint density at radius 1 is 1.20 bits per heavy atom. The average molecular weight is 296 g/mol. The van der Waals surface area contributed by atoms with Crippen LogP contribution < -0.4 is 5.32 Å². The molecule has 1 aliphatic rings. The van der Waals surface area contributed by atoms with Crippen LogP contribution in [0.3, 0.4) is 0 Å². The van der Waals surface area contributed by atoms with Crippen LogP contribution in [0.15, 0.2) is 30.3 Å². The van der Waals surface area contributed by atoms with Crippen molar-refractivity contribution in [1.29, 1.82) is 0 Å². The molecule has 0 aliphatic carbocycles. The van der Waals surface area contributed by atoms with E-state index in [2.05, 4.69) is 5.32 Å². The van der Waals surface area contributed by atoms with E-state index in [4.69, 9.17) is 0 Å². The summed E-state index contributed by atoms with van der Waals surface area (Å²) in [6, 6.07) is 9.81. The predicted molar refractivity (Wildman–Crippen MR) is 82.2 cm³/mol. The number of nitrogens with zero attached hydrogens (tertiary/aromatic N) is 1. The summed E-state index contributed by atoms with van der Waals surface area (Å²) in [7, 11) is -1.16. The van der Waals surface area contributed by atoms with Gasteiger partial charge in [0.25, 0.3) is 0 Å². The van der Waals surface area contributed by atoms with Crippen molar-refractivity contribution >= 4 is 10.0 Å². The maximum absolute atomic E-state index is 12.3. The van der Waals surface area contributed by atoms with Gasteiger partial charge in [0.2, 0.25) is 10.0 Å². The molecule has 2 rings (SSSR count). The van der Waals surface area contributed by atoms with Gasteiger partial charge in [-0.2, -0.15) is 0 Å². The molecule has 1 aromatic carbocycles. The lowest BCUT2D eigenvalue weighted by atomic mass is 9.98. The predicted octanol–water partition coefficient (Wildman–Crippen LogP) is 1.49. The molecule has 1 aliphatic heterocycles. The second-order valence-corrected chi connectivity index (χ2v) is 7.54. The van der Waals surface area contributed by atoms with Gasteiger partial charge in [-0.1, -0.05) is 30.3 Å². The molecule has 0 radical (unpaired) electrons. The number of sulfonamides is 1. The lowest BCUT2D eigenvalue weighted by molar-refractivity contribution is 0.271. The Morgan fingerprint density at radius 2 is 1.85 bits per heavy atom. The van der Waals surface area contributed by atoms with Gasteiger partial charge in [-0.3, -0.25) is 0 Å². The molecule has 1 N–H and O–H groups in total. The van der Waals surface area contributed by atoms with Gasteiger partial charge in [0, 0.05) is 13.1 Å². The van der Waals surface area contributed by atoms with Crippen LogP contribution in [-0.4, -0.2) is 45.2 Å². The number of hydrogen-bond acceptors (Lipinski definition) is 3. The van der Waals surface area contributed by atoms with Crippen molar-refractivity contribution in [2.45, 2.75) is 19.3 Å². The van der Waals surface area contributed by atoms with Crippen molar-refractivity contribution in [2.75, 3.05) is 32.4 Å². The van der Waals surface area contributed by atoms with Gasteiger partial charge < -0.3 is 5.32 Å². The van der Waals surface area contributed by atoms with E-state index in [0.717, 1.165) is 24.9 Å². The third-order valence-corrected chi connectivity index (χ3v) is 5.82. The highest BCUT2D eigenvalue weighted by atomic mass is 32.2. The number of nitrogens with one attached hydrogen (secondary N) is 1. The van der Waals surface area contributed by atoms with Gasteiger partial charge in [0.1, 0.15) is 0 Å². The van der Waals surface area contributed by atoms with Crippen LogP contribution in [0.25, 0.3) is 0 Å². The molecule has 0 spiro atoms. The standard InChI is InChI=1S/C15H24N2O2S/c1-16-13-15-7-10-17(11-8-15)20(18,19)12-9-14-5-3-2-4-6-14/h2-6,15-16H,7-13H2,1H3. The number of piperidine rings is 1. The Morgan fingerprint density at radius 3 is 2.45 bits per heavy atom. The SMILES string of the molecule is CNCC1CCN(S(=O)(=O)CCc2ccccc2)CC1. The average Bonchev–Trinajstić information content (AvgIpc) is 2.47. The van der Waals surface area contributed by atoms with E-state index >= 15 is 0 Å². The molecule has 1 saturated heterocycles. The van der Waals surface area contributed by atoms with E-state index in [1.54, 1.807) is 4.31 Å². The third kappa shape index (κ3) is 4.30. The highest BCUT2D eigenvalue weighted by Gasteiger charge is 2.27. The van der Waals surface area contributed by atoms with Gasteiger partial charge in [-0.05, 0) is 44.3 Å². The molecule has 5 heteroatoms. The zero-order valence-corrected chi connectivity index (χ0v) is 12.9. The number of hydrogen-bond donors (Lipinski definition) is 1. The molecule has 0 saturated carbocycles. The van der Waals surface area contributed by atoms with Crippen molar-refractivity contribution in [3.8, 4) is 0 Å². The summed E-state index contributed by atoms with van der Waals surface area (Å²) in [5.74, 6) is 0.828. The van der Waals surface area contributed by atoms with Crippen LogP contribution in [0.2, 0.25) is 0 Å². The maximum Gasteiger partial charge on any atom is 0.214 e. The molecule has 1 aromatic rings. The normalized spacial score (nSPS) is 18.2. The zero-order chi connectivity index (χ0) is 14.4. The fourth-order valence-corrected chi connectivity index (χ4v) is 4.22. The van der Waals surface area contributed by atoms with E-state index in [0.29, 0.717) is 25.4 Å². The van der Waals surface area contributed by atoms with Gasteiger partial charge in [0.05, 0.1) is 5.75 Å². The van der Waals surface area contributed by atoms with Crippen molar-refractivity contribution in [2.24, 2.45) is 5.92 Å². The number of aryl methyl sites for hydroxylation is 1. The van der Waals surface area contributed by atoms with Crippen LogP contribution in [-0.2, 0) is 16.4 Å². The van der Waals surface area contributed by atoms with Crippen molar-refractivity contribution in [3.05, 3.63) is 35.9 Å². The summed E-state index contributed by atoms with van der Waals surface area (Å²) in [4.78, 5) is 0. The van der Waals surface area contributed by atoms with Crippen LogP contribution in [0.4, 0.5) is 0 Å². The fourth-order valence-electron chi connectivity index (χ4n) is 2.70. The van der Waals surface area contributed by atoms with Crippen LogP contribution in [0, 0.1) is 5.92 Å². The molecule has 0 atom stereocenters. The maximum atomic E-state index is 12.3. The molecule has 0 bridgehead atoms. The lowest BCUT2D eigenvalue weighted by Gasteiger charge is -2.31. The monoisotopic (exact) mass is 296 g/mol. The molecule has 0 amide bonds. The van der Waals surface area contributed by atoms with Crippen molar-refractivity contribution < 1.29 is 8.42 Å². The summed E-state index contributed by atoms with van der Waals surface area (Å²) < 4.78 is 26.3. The van der Waals surface area contributed by atoms with Crippen LogP contribution in [0.5, 0.6) is 0 Å². The van der Waals surface area contributed by atoms with Crippen molar-refractivity contribution in [3.63, 3.8) is 0 Å². The summed E-state index contributed by atoms with van der Waals surface area (Å²) in [5.41, 5.74) is 1.08. The quantitative estimate of drug-likeness (QED) is 0.865. The third-order valence-electron chi connectivity index (χ3n) is 3.95. The molecular formula is C15H24N2O2S.